The van der Waals surface area contributed by atoms with Gasteiger partial charge < -0.3 is 10.2 Å². The van der Waals surface area contributed by atoms with Crippen LogP contribution in [0.4, 0.5) is 5.69 Å². The van der Waals surface area contributed by atoms with E-state index in [4.69, 9.17) is 0 Å². The van der Waals surface area contributed by atoms with Crippen LogP contribution in [0.2, 0.25) is 0 Å². The highest BCUT2D eigenvalue weighted by molar-refractivity contribution is 7.17. The number of carbonyl (C=O) groups is 1. The lowest BCUT2D eigenvalue weighted by Crippen LogP contribution is -2.57. The fourth-order valence-electron chi connectivity index (χ4n) is 3.76. The molecular formula is C18H20ClN3O3S. The van der Waals surface area contributed by atoms with Crippen LogP contribution in [0.5, 0.6) is 0 Å². The SMILES string of the molecule is Cl.O=C(N[C@H]1CN2CCC1CC2)c1ccc(-c2cccc([N+](=O)[O-])c2)s1. The second-order valence-corrected chi connectivity index (χ2v) is 7.77. The number of halogens is 1. The number of thiophene rings is 1. The molecule has 3 aliphatic rings. The van der Waals surface area contributed by atoms with Gasteiger partial charge in [-0.1, -0.05) is 12.1 Å². The smallest absolute Gasteiger partial charge is 0.270 e. The molecule has 1 N–H and O–H groups in total. The van der Waals surface area contributed by atoms with Gasteiger partial charge in [0.05, 0.1) is 9.80 Å². The van der Waals surface area contributed by atoms with E-state index in [1.54, 1.807) is 18.2 Å². The van der Waals surface area contributed by atoms with Crippen molar-refractivity contribution in [1.82, 2.24) is 10.2 Å². The molecule has 2 bridgehead atoms. The Labute approximate surface area is 161 Å². The minimum absolute atomic E-state index is 0. The maximum absolute atomic E-state index is 12.6. The zero-order valence-electron chi connectivity index (χ0n) is 14.1. The summed E-state index contributed by atoms with van der Waals surface area (Å²) in [5.41, 5.74) is 0.824. The standard InChI is InChI=1S/C18H19N3O3S.ClH/c22-18(19-15-11-20-8-6-12(15)7-9-20)17-5-4-16(25-17)13-2-1-3-14(10-13)21(23)24;/h1-5,10,12,15H,6-9,11H2,(H,19,22);1H/t15-;/m0./s1. The third-order valence-electron chi connectivity index (χ3n) is 5.14. The van der Waals surface area contributed by atoms with Crippen molar-refractivity contribution in [1.29, 1.82) is 0 Å². The van der Waals surface area contributed by atoms with Crippen molar-refractivity contribution in [3.05, 3.63) is 51.4 Å². The molecule has 138 valence electrons. The molecule has 0 saturated carbocycles. The number of benzene rings is 1. The van der Waals surface area contributed by atoms with Crippen molar-refractivity contribution < 1.29 is 9.72 Å². The lowest BCUT2D eigenvalue weighted by atomic mass is 9.84. The molecule has 1 aromatic carbocycles. The Hall–Kier alpha value is -1.96. The van der Waals surface area contributed by atoms with Gasteiger partial charge in [0.2, 0.25) is 0 Å². The third-order valence-corrected chi connectivity index (χ3v) is 6.28. The van der Waals surface area contributed by atoms with Crippen LogP contribution in [0.3, 0.4) is 0 Å². The molecule has 5 rings (SSSR count). The van der Waals surface area contributed by atoms with E-state index in [0.717, 1.165) is 42.9 Å². The van der Waals surface area contributed by atoms with Crippen LogP contribution in [0.25, 0.3) is 10.4 Å². The molecule has 1 aromatic heterocycles. The van der Waals surface area contributed by atoms with Gasteiger partial charge in [0, 0.05) is 29.6 Å². The molecule has 26 heavy (non-hydrogen) atoms. The van der Waals surface area contributed by atoms with E-state index in [2.05, 4.69) is 10.2 Å². The topological polar surface area (TPSA) is 75.5 Å². The number of non-ortho nitro benzene ring substituents is 1. The zero-order chi connectivity index (χ0) is 17.4. The second kappa shape index (κ2) is 7.73. The molecule has 0 spiro atoms. The van der Waals surface area contributed by atoms with Gasteiger partial charge in [-0.15, -0.1) is 23.7 Å². The van der Waals surface area contributed by atoms with E-state index in [1.807, 2.05) is 12.1 Å². The summed E-state index contributed by atoms with van der Waals surface area (Å²) >= 11 is 1.37. The quantitative estimate of drug-likeness (QED) is 0.636. The Kier molecular flexibility index (Phi) is 5.60. The van der Waals surface area contributed by atoms with Gasteiger partial charge in [0.1, 0.15) is 0 Å². The molecule has 3 fully saturated rings. The first-order chi connectivity index (χ1) is 12.1. The molecule has 1 amide bonds. The van der Waals surface area contributed by atoms with E-state index in [0.29, 0.717) is 10.8 Å². The van der Waals surface area contributed by atoms with Crippen molar-refractivity contribution >= 4 is 35.3 Å². The summed E-state index contributed by atoms with van der Waals surface area (Å²) in [4.78, 5) is 27.0. The number of nitrogens with one attached hydrogen (secondary N) is 1. The summed E-state index contributed by atoms with van der Waals surface area (Å²) in [7, 11) is 0. The molecule has 4 heterocycles. The number of carbonyl (C=O) groups excluding carboxylic acids is 1. The molecule has 0 aliphatic carbocycles. The van der Waals surface area contributed by atoms with Crippen LogP contribution in [0.1, 0.15) is 22.5 Å². The summed E-state index contributed by atoms with van der Waals surface area (Å²) < 4.78 is 0. The lowest BCUT2D eigenvalue weighted by Gasteiger charge is -2.44. The Balaban J connectivity index is 0.00000196. The number of rotatable bonds is 4. The summed E-state index contributed by atoms with van der Waals surface area (Å²) in [5.74, 6) is 0.547. The molecular weight excluding hydrogens is 374 g/mol. The molecule has 3 saturated heterocycles. The first-order valence-corrected chi connectivity index (χ1v) is 9.30. The number of nitro benzene ring substituents is 1. The monoisotopic (exact) mass is 393 g/mol. The number of hydrogen-bond acceptors (Lipinski definition) is 5. The predicted octanol–water partition coefficient (Wildman–Crippen LogP) is 3.57. The second-order valence-electron chi connectivity index (χ2n) is 6.69. The number of amides is 1. The van der Waals surface area contributed by atoms with E-state index in [-0.39, 0.29) is 30.0 Å². The number of nitrogens with zero attached hydrogens (tertiary/aromatic N) is 2. The maximum atomic E-state index is 12.6. The molecule has 1 atom stereocenters. The highest BCUT2D eigenvalue weighted by Gasteiger charge is 2.35. The molecule has 8 heteroatoms. The molecule has 3 aliphatic heterocycles. The zero-order valence-corrected chi connectivity index (χ0v) is 15.7. The van der Waals surface area contributed by atoms with E-state index in [1.165, 1.54) is 17.4 Å². The fraction of sp³-hybridized carbons (Fsp3) is 0.389. The van der Waals surface area contributed by atoms with Gasteiger partial charge in [0.25, 0.3) is 11.6 Å². The molecule has 0 unspecified atom stereocenters. The minimum Gasteiger partial charge on any atom is -0.347 e. The van der Waals surface area contributed by atoms with E-state index in [9.17, 15) is 14.9 Å². The number of piperidine rings is 3. The first-order valence-electron chi connectivity index (χ1n) is 8.48. The van der Waals surface area contributed by atoms with Gasteiger partial charge in [-0.05, 0) is 49.5 Å². The van der Waals surface area contributed by atoms with E-state index < -0.39 is 4.92 Å². The normalized spacial score (nSPS) is 23.9. The largest absolute Gasteiger partial charge is 0.347 e. The van der Waals surface area contributed by atoms with Gasteiger partial charge >= 0.3 is 0 Å². The Morgan fingerprint density at radius 2 is 2.00 bits per heavy atom. The maximum Gasteiger partial charge on any atom is 0.270 e. The van der Waals surface area contributed by atoms with Crippen molar-refractivity contribution in [2.45, 2.75) is 18.9 Å². The van der Waals surface area contributed by atoms with Gasteiger partial charge in [-0.2, -0.15) is 0 Å². The van der Waals surface area contributed by atoms with Crippen molar-refractivity contribution in [3.8, 4) is 10.4 Å². The predicted molar refractivity (Wildman–Crippen MR) is 104 cm³/mol. The van der Waals surface area contributed by atoms with Crippen LogP contribution in [0.15, 0.2) is 36.4 Å². The summed E-state index contributed by atoms with van der Waals surface area (Å²) in [6.07, 6.45) is 2.32. The fourth-order valence-corrected chi connectivity index (χ4v) is 4.66. The van der Waals surface area contributed by atoms with Gasteiger partial charge in [-0.3, -0.25) is 14.9 Å². The van der Waals surface area contributed by atoms with Crippen LogP contribution in [-0.4, -0.2) is 41.4 Å². The Bertz CT molecular complexity index is 818. The average molecular weight is 394 g/mol. The summed E-state index contributed by atoms with van der Waals surface area (Å²) in [6, 6.07) is 10.4. The van der Waals surface area contributed by atoms with Crippen molar-refractivity contribution in [2.75, 3.05) is 19.6 Å². The highest BCUT2D eigenvalue weighted by Crippen LogP contribution is 2.31. The van der Waals surface area contributed by atoms with Crippen molar-refractivity contribution in [2.24, 2.45) is 5.92 Å². The first kappa shape index (κ1) is 18.8. The summed E-state index contributed by atoms with van der Waals surface area (Å²) in [5, 5.41) is 14.1. The summed E-state index contributed by atoms with van der Waals surface area (Å²) in [6.45, 7) is 3.24. The molecule has 6 nitrogen and oxygen atoms in total. The average Bonchev–Trinajstić information content (AvgIpc) is 3.13. The van der Waals surface area contributed by atoms with Crippen molar-refractivity contribution in [3.63, 3.8) is 0 Å². The van der Waals surface area contributed by atoms with Gasteiger partial charge in [-0.25, -0.2) is 0 Å². The third kappa shape index (κ3) is 3.75. The lowest BCUT2D eigenvalue weighted by molar-refractivity contribution is -0.384. The van der Waals surface area contributed by atoms with E-state index >= 15 is 0 Å². The minimum atomic E-state index is -0.405. The number of hydrogen-bond donors (Lipinski definition) is 1. The Morgan fingerprint density at radius 1 is 1.23 bits per heavy atom. The van der Waals surface area contributed by atoms with Crippen LogP contribution in [-0.2, 0) is 0 Å². The van der Waals surface area contributed by atoms with Crippen LogP contribution < -0.4 is 5.32 Å². The molecule has 0 radical (unpaired) electrons. The van der Waals surface area contributed by atoms with Crippen LogP contribution >= 0.6 is 23.7 Å². The molecule has 2 aromatic rings. The highest BCUT2D eigenvalue weighted by atomic mass is 35.5. The Morgan fingerprint density at radius 3 is 2.65 bits per heavy atom. The van der Waals surface area contributed by atoms with Gasteiger partial charge in [0.15, 0.2) is 0 Å². The number of fused-ring (bicyclic) bond motifs is 3. The van der Waals surface area contributed by atoms with Crippen LogP contribution in [0, 0.1) is 16.0 Å². The number of nitro groups is 1.